The van der Waals surface area contributed by atoms with Crippen LogP contribution in [0.4, 0.5) is 0 Å². The lowest BCUT2D eigenvalue weighted by molar-refractivity contribution is -0.345. The molecule has 5 aliphatic rings. The summed E-state index contributed by atoms with van der Waals surface area (Å²) in [6.45, 7) is 14.0. The van der Waals surface area contributed by atoms with Gasteiger partial charge in [-0.15, -0.1) is 0 Å². The Morgan fingerprint density at radius 3 is 2.42 bits per heavy atom. The monoisotopic (exact) mass is 640 g/mol. The van der Waals surface area contributed by atoms with E-state index in [2.05, 4.69) is 20.4 Å². The SMILES string of the molecule is C=C1C[C@@]23CCC4C(C)(CCC[C@@]4(C)C(=O)OOC(C)C(CC)OC)C2CC[C@]1(OC(C)OC1OC(CO)C(O)C(O)C1O)C3. The van der Waals surface area contributed by atoms with Crippen molar-refractivity contribution < 1.29 is 53.9 Å². The Morgan fingerprint density at radius 2 is 1.76 bits per heavy atom. The molecule has 5 fully saturated rings. The van der Waals surface area contributed by atoms with Gasteiger partial charge in [0, 0.05) is 7.11 Å². The summed E-state index contributed by atoms with van der Waals surface area (Å²) in [6.07, 6.45) is 0.662. The van der Waals surface area contributed by atoms with Gasteiger partial charge in [-0.3, -0.25) is 4.89 Å². The highest BCUT2D eigenvalue weighted by molar-refractivity contribution is 5.76. The van der Waals surface area contributed by atoms with Gasteiger partial charge in [0.05, 0.1) is 23.7 Å². The minimum atomic E-state index is -1.52. The summed E-state index contributed by atoms with van der Waals surface area (Å²) in [6, 6.07) is 0. The zero-order valence-electron chi connectivity index (χ0n) is 27.9. The summed E-state index contributed by atoms with van der Waals surface area (Å²) >= 11 is 0. The number of hydrogen-bond donors (Lipinski definition) is 4. The summed E-state index contributed by atoms with van der Waals surface area (Å²) in [5, 5.41) is 40.3. The van der Waals surface area contributed by atoms with Gasteiger partial charge in [-0.2, -0.15) is 4.89 Å². The van der Waals surface area contributed by atoms with E-state index in [9.17, 15) is 25.2 Å². The highest BCUT2D eigenvalue weighted by Gasteiger charge is 2.68. The fourth-order valence-corrected chi connectivity index (χ4v) is 10.4. The molecule has 4 saturated carbocycles. The third kappa shape index (κ3) is 5.93. The highest BCUT2D eigenvalue weighted by Crippen LogP contribution is 2.73. The van der Waals surface area contributed by atoms with E-state index in [1.54, 1.807) is 14.0 Å². The topological polar surface area (TPSA) is 153 Å². The molecule has 1 aliphatic heterocycles. The van der Waals surface area contributed by atoms with Crippen molar-refractivity contribution in [2.75, 3.05) is 13.7 Å². The van der Waals surface area contributed by atoms with Crippen LogP contribution in [-0.4, -0.2) is 94.9 Å². The molecule has 0 aromatic carbocycles. The van der Waals surface area contributed by atoms with Crippen molar-refractivity contribution in [1.29, 1.82) is 0 Å². The number of hydrogen-bond acceptors (Lipinski definition) is 11. The van der Waals surface area contributed by atoms with Gasteiger partial charge in [-0.25, -0.2) is 4.79 Å². The second-order valence-electron chi connectivity index (χ2n) is 15.1. The Hall–Kier alpha value is -1.15. The van der Waals surface area contributed by atoms with Crippen LogP contribution in [0.1, 0.15) is 98.8 Å². The second-order valence-corrected chi connectivity index (χ2v) is 15.1. The van der Waals surface area contributed by atoms with Crippen LogP contribution in [0.5, 0.6) is 0 Å². The molecule has 4 aliphatic carbocycles. The molecule has 11 unspecified atom stereocenters. The summed E-state index contributed by atoms with van der Waals surface area (Å²) in [4.78, 5) is 24.9. The van der Waals surface area contributed by atoms with Crippen LogP contribution in [0.25, 0.3) is 0 Å². The molecule has 1 spiro atoms. The number of rotatable bonds is 11. The molecule has 2 bridgehead atoms. The van der Waals surface area contributed by atoms with Crippen molar-refractivity contribution in [2.45, 2.75) is 154 Å². The molecular weight excluding hydrogens is 584 g/mol. The smallest absolute Gasteiger partial charge is 0.348 e. The number of aliphatic hydroxyl groups excluding tert-OH is 4. The van der Waals surface area contributed by atoms with Gasteiger partial charge >= 0.3 is 5.97 Å². The first-order chi connectivity index (χ1) is 21.2. The van der Waals surface area contributed by atoms with Crippen LogP contribution in [0.2, 0.25) is 0 Å². The van der Waals surface area contributed by atoms with Crippen molar-refractivity contribution in [1.82, 2.24) is 0 Å². The molecule has 11 heteroatoms. The Bertz CT molecular complexity index is 1080. The summed E-state index contributed by atoms with van der Waals surface area (Å²) in [5.74, 6) is 0.281. The Morgan fingerprint density at radius 1 is 1.04 bits per heavy atom. The van der Waals surface area contributed by atoms with Gasteiger partial charge in [0.1, 0.15) is 30.5 Å². The molecule has 0 aromatic heterocycles. The van der Waals surface area contributed by atoms with Gasteiger partial charge in [-0.05, 0) is 107 Å². The highest BCUT2D eigenvalue weighted by atomic mass is 17.2. The first-order valence-corrected chi connectivity index (χ1v) is 16.9. The summed E-state index contributed by atoms with van der Waals surface area (Å²) in [5.41, 5.74) is -0.240. The van der Waals surface area contributed by atoms with Gasteiger partial charge in [0.15, 0.2) is 12.6 Å². The first kappa shape index (κ1) is 35.2. The predicted molar refractivity (Wildman–Crippen MR) is 162 cm³/mol. The molecule has 1 heterocycles. The average Bonchev–Trinajstić information content (AvgIpc) is 3.19. The third-order valence-corrected chi connectivity index (χ3v) is 12.7. The van der Waals surface area contributed by atoms with Crippen LogP contribution in [0.15, 0.2) is 12.2 Å². The average molecular weight is 641 g/mol. The van der Waals surface area contributed by atoms with Crippen molar-refractivity contribution in [3.63, 3.8) is 0 Å². The van der Waals surface area contributed by atoms with E-state index >= 15 is 0 Å². The standard InChI is InChI=1S/C34H56O11/c1-8-22(40-7)20(3)44-45-30(39)32(6)13-9-12-31(5)24(32)10-14-33-16-19(2)34(18-33,15-11-25(31)33)43-21(4)41-29-28(38)27(37)26(36)23(17-35)42-29/h20-29,35-38H,2,8-18H2,1,3-7H3/t20?,21?,22?,23?,24?,25?,26?,27?,28?,29?,31?,32-,33-,34+/m1/s1. The molecule has 1 saturated heterocycles. The van der Waals surface area contributed by atoms with Crippen molar-refractivity contribution in [3.8, 4) is 0 Å². The molecular formula is C34H56O11. The number of aliphatic hydroxyl groups is 4. The van der Waals surface area contributed by atoms with Gasteiger partial charge in [0.25, 0.3) is 0 Å². The predicted octanol–water partition coefficient (Wildman–Crippen LogP) is 3.55. The van der Waals surface area contributed by atoms with Crippen LogP contribution < -0.4 is 0 Å². The van der Waals surface area contributed by atoms with Gasteiger partial charge in [-0.1, -0.05) is 26.8 Å². The fraction of sp³-hybridized carbons (Fsp3) is 0.912. The van der Waals surface area contributed by atoms with Crippen LogP contribution >= 0.6 is 0 Å². The molecule has 45 heavy (non-hydrogen) atoms. The quantitative estimate of drug-likeness (QED) is 0.114. The van der Waals surface area contributed by atoms with E-state index < -0.39 is 54.6 Å². The number of fused-ring (bicyclic) bond motifs is 3. The Balaban J connectivity index is 1.28. The molecule has 4 N–H and O–H groups in total. The normalized spacial score (nSPS) is 46.5. The van der Waals surface area contributed by atoms with Crippen molar-refractivity contribution in [2.24, 2.45) is 28.1 Å². The molecule has 0 radical (unpaired) electrons. The zero-order chi connectivity index (χ0) is 32.9. The molecule has 0 amide bonds. The lowest BCUT2D eigenvalue weighted by Crippen LogP contribution is -2.60. The number of carbonyl (C=O) groups excluding carboxylic acids is 1. The van der Waals surface area contributed by atoms with Crippen LogP contribution in [0.3, 0.4) is 0 Å². The van der Waals surface area contributed by atoms with E-state index in [-0.39, 0.29) is 34.9 Å². The summed E-state index contributed by atoms with van der Waals surface area (Å²) in [7, 11) is 1.64. The van der Waals surface area contributed by atoms with E-state index in [1.807, 2.05) is 13.8 Å². The maximum atomic E-state index is 13.7. The fourth-order valence-electron chi connectivity index (χ4n) is 10.4. The second kappa shape index (κ2) is 13.0. The largest absolute Gasteiger partial charge is 0.394 e. The lowest BCUT2D eigenvalue weighted by Gasteiger charge is -2.64. The Labute approximate surface area is 267 Å². The number of carbonyl (C=O) groups is 1. The van der Waals surface area contributed by atoms with Gasteiger partial charge < -0.3 is 39.4 Å². The molecule has 11 nitrogen and oxygen atoms in total. The zero-order valence-corrected chi connectivity index (χ0v) is 27.9. The van der Waals surface area contributed by atoms with E-state index in [0.29, 0.717) is 5.92 Å². The maximum Gasteiger partial charge on any atom is 0.348 e. The van der Waals surface area contributed by atoms with Crippen LogP contribution in [-0.2, 0) is 33.5 Å². The molecule has 5 rings (SSSR count). The number of ether oxygens (including phenoxy) is 4. The minimum Gasteiger partial charge on any atom is -0.394 e. The minimum absolute atomic E-state index is 0.00340. The number of methoxy groups -OCH3 is 1. The first-order valence-electron chi connectivity index (χ1n) is 16.9. The van der Waals surface area contributed by atoms with Crippen molar-refractivity contribution in [3.05, 3.63) is 12.2 Å². The van der Waals surface area contributed by atoms with Gasteiger partial charge in [0.2, 0.25) is 0 Å². The van der Waals surface area contributed by atoms with E-state index in [4.69, 9.17) is 28.7 Å². The summed E-state index contributed by atoms with van der Waals surface area (Å²) < 4.78 is 23.6. The van der Waals surface area contributed by atoms with Crippen molar-refractivity contribution >= 4 is 5.97 Å². The Kier molecular flexibility index (Phi) is 10.2. The lowest BCUT2D eigenvalue weighted by atomic mass is 9.41. The maximum absolute atomic E-state index is 13.7. The third-order valence-electron chi connectivity index (χ3n) is 12.7. The molecule has 0 aromatic rings. The molecule has 258 valence electrons. The van der Waals surface area contributed by atoms with Crippen LogP contribution in [0, 0.1) is 28.1 Å². The van der Waals surface area contributed by atoms with E-state index in [0.717, 1.165) is 69.8 Å². The van der Waals surface area contributed by atoms with E-state index in [1.165, 1.54) is 0 Å². The molecule has 14 atom stereocenters.